The third kappa shape index (κ3) is 1.03. The molecule has 0 aliphatic carbocycles. The highest BCUT2D eigenvalue weighted by atomic mass is 16.2. The van der Waals surface area contributed by atoms with Crippen LogP contribution in [0.2, 0.25) is 0 Å². The zero-order chi connectivity index (χ0) is 7.84. The first kappa shape index (κ1) is 7.10. The van der Waals surface area contributed by atoms with Crippen LogP contribution in [-0.2, 0) is 4.79 Å². The molecule has 3 heteroatoms. The Morgan fingerprint density at radius 1 is 1.55 bits per heavy atom. The average Bonchev–Trinajstić information content (AvgIpc) is 2.35. The largest absolute Gasteiger partial charge is 0.353 e. The molecule has 2 aliphatic heterocycles. The molecule has 0 spiro atoms. The normalized spacial score (nSPS) is 38.5. The topological polar surface area (TPSA) is 32.3 Å². The lowest BCUT2D eigenvalue weighted by Crippen LogP contribution is -2.53. The molecule has 2 aliphatic rings. The number of hydrogen-bond acceptors (Lipinski definition) is 2. The highest BCUT2D eigenvalue weighted by molar-refractivity contribution is 5.82. The molecule has 2 atom stereocenters. The van der Waals surface area contributed by atoms with E-state index in [4.69, 9.17) is 0 Å². The zero-order valence-electron chi connectivity index (χ0n) is 6.84. The Balaban J connectivity index is 2.13. The summed E-state index contributed by atoms with van der Waals surface area (Å²) in [6, 6.07) is 0.810. The minimum absolute atomic E-state index is 0.193. The Morgan fingerprint density at radius 3 is 3.09 bits per heavy atom. The van der Waals surface area contributed by atoms with Crippen LogP contribution >= 0.6 is 0 Å². The van der Waals surface area contributed by atoms with Gasteiger partial charge in [-0.2, -0.15) is 0 Å². The van der Waals surface area contributed by atoms with Gasteiger partial charge in [0.25, 0.3) is 0 Å². The van der Waals surface area contributed by atoms with Crippen molar-refractivity contribution in [1.82, 2.24) is 10.2 Å². The molecule has 1 amide bonds. The van der Waals surface area contributed by atoms with Crippen molar-refractivity contribution in [2.75, 3.05) is 13.1 Å². The summed E-state index contributed by atoms with van der Waals surface area (Å²) in [6.07, 6.45) is 2.23. The Labute approximate surface area is 66.8 Å². The zero-order valence-corrected chi connectivity index (χ0v) is 6.84. The number of rotatable bonds is 0. The van der Waals surface area contributed by atoms with E-state index in [9.17, 15) is 4.79 Å². The second-order valence-electron chi connectivity index (χ2n) is 3.47. The van der Waals surface area contributed by atoms with Crippen LogP contribution in [-0.4, -0.2) is 36.0 Å². The van der Waals surface area contributed by atoms with E-state index in [0.29, 0.717) is 6.04 Å². The molecule has 62 valence electrons. The second kappa shape index (κ2) is 2.48. The van der Waals surface area contributed by atoms with Crippen molar-refractivity contribution in [3.63, 3.8) is 0 Å². The minimum atomic E-state index is 0.193. The van der Waals surface area contributed by atoms with Crippen molar-refractivity contribution in [1.29, 1.82) is 0 Å². The van der Waals surface area contributed by atoms with Crippen molar-refractivity contribution in [3.05, 3.63) is 0 Å². The summed E-state index contributed by atoms with van der Waals surface area (Å²) in [5.74, 6) is 0.237. The molecule has 0 aromatic heterocycles. The van der Waals surface area contributed by atoms with Crippen LogP contribution in [0.25, 0.3) is 0 Å². The molecule has 2 saturated heterocycles. The predicted octanol–water partition coefficient (Wildman–Crippen LogP) is -0.0309. The van der Waals surface area contributed by atoms with Gasteiger partial charge in [-0.25, -0.2) is 0 Å². The van der Waals surface area contributed by atoms with E-state index in [1.807, 2.05) is 0 Å². The Morgan fingerprint density at radius 2 is 2.36 bits per heavy atom. The van der Waals surface area contributed by atoms with E-state index in [1.165, 1.54) is 6.42 Å². The first-order chi connectivity index (χ1) is 5.29. The van der Waals surface area contributed by atoms with E-state index in [2.05, 4.69) is 17.1 Å². The van der Waals surface area contributed by atoms with E-state index in [-0.39, 0.29) is 11.9 Å². The molecular formula is C8H14N2O. The fraction of sp³-hybridized carbons (Fsp3) is 0.875. The van der Waals surface area contributed by atoms with E-state index in [1.54, 1.807) is 0 Å². The number of nitrogens with one attached hydrogen (secondary N) is 1. The van der Waals surface area contributed by atoms with Gasteiger partial charge in [-0.3, -0.25) is 9.69 Å². The second-order valence-corrected chi connectivity index (χ2v) is 3.47. The molecule has 1 N–H and O–H groups in total. The number of fused-ring (bicyclic) bond motifs is 1. The van der Waals surface area contributed by atoms with Gasteiger partial charge in [0.2, 0.25) is 5.91 Å². The van der Waals surface area contributed by atoms with E-state index in [0.717, 1.165) is 19.5 Å². The lowest BCUT2D eigenvalue weighted by Gasteiger charge is -2.31. The molecule has 11 heavy (non-hydrogen) atoms. The summed E-state index contributed by atoms with van der Waals surface area (Å²) in [5.41, 5.74) is 0. The predicted molar refractivity (Wildman–Crippen MR) is 42.2 cm³/mol. The van der Waals surface area contributed by atoms with Crippen molar-refractivity contribution in [3.8, 4) is 0 Å². The third-order valence-corrected chi connectivity index (χ3v) is 2.80. The third-order valence-electron chi connectivity index (χ3n) is 2.80. The standard InChI is InChI=1S/C8H14N2O/c1-6-2-3-7-8(11)9-4-5-10(6)7/h6-7H,2-5H2,1H3,(H,9,11)/t6-,7+/m0/s1. The number of nitrogens with zero attached hydrogens (tertiary/aromatic N) is 1. The van der Waals surface area contributed by atoms with Crippen LogP contribution in [0.3, 0.4) is 0 Å². The van der Waals surface area contributed by atoms with E-state index < -0.39 is 0 Å². The van der Waals surface area contributed by atoms with Crippen LogP contribution in [0, 0.1) is 0 Å². The molecule has 3 nitrogen and oxygen atoms in total. The van der Waals surface area contributed by atoms with Gasteiger partial charge in [0.1, 0.15) is 0 Å². The van der Waals surface area contributed by atoms with Crippen molar-refractivity contribution >= 4 is 5.91 Å². The van der Waals surface area contributed by atoms with Crippen molar-refractivity contribution in [2.24, 2.45) is 0 Å². The smallest absolute Gasteiger partial charge is 0.237 e. The first-order valence-electron chi connectivity index (χ1n) is 4.32. The van der Waals surface area contributed by atoms with Crippen LogP contribution in [0.1, 0.15) is 19.8 Å². The fourth-order valence-corrected chi connectivity index (χ4v) is 2.12. The van der Waals surface area contributed by atoms with E-state index >= 15 is 0 Å². The summed E-state index contributed by atoms with van der Waals surface area (Å²) in [5, 5.41) is 2.89. The molecule has 0 aromatic rings. The average molecular weight is 154 g/mol. The van der Waals surface area contributed by atoms with Crippen molar-refractivity contribution in [2.45, 2.75) is 31.8 Å². The highest BCUT2D eigenvalue weighted by Gasteiger charge is 2.37. The Bertz CT molecular complexity index is 181. The number of hydrogen-bond donors (Lipinski definition) is 1. The molecule has 2 rings (SSSR count). The summed E-state index contributed by atoms with van der Waals surface area (Å²) in [4.78, 5) is 13.6. The quantitative estimate of drug-likeness (QED) is 0.531. The summed E-state index contributed by atoms with van der Waals surface area (Å²) in [6.45, 7) is 4.08. The SMILES string of the molecule is C[C@H]1CC[C@@H]2C(=O)NCCN21. The summed E-state index contributed by atoms with van der Waals surface area (Å²) in [7, 11) is 0. The van der Waals surface area contributed by atoms with Crippen LogP contribution in [0.5, 0.6) is 0 Å². The van der Waals surface area contributed by atoms with Crippen molar-refractivity contribution < 1.29 is 4.79 Å². The molecule has 0 unspecified atom stereocenters. The van der Waals surface area contributed by atoms with Gasteiger partial charge in [0, 0.05) is 19.1 Å². The summed E-state index contributed by atoms with van der Waals surface area (Å²) >= 11 is 0. The summed E-state index contributed by atoms with van der Waals surface area (Å²) < 4.78 is 0. The molecule has 0 bridgehead atoms. The van der Waals surface area contributed by atoms with Crippen LogP contribution in [0.4, 0.5) is 0 Å². The number of carbonyl (C=O) groups excluding carboxylic acids is 1. The molecule has 2 fully saturated rings. The van der Waals surface area contributed by atoms with Gasteiger partial charge in [0.05, 0.1) is 6.04 Å². The number of amides is 1. The van der Waals surface area contributed by atoms with Gasteiger partial charge >= 0.3 is 0 Å². The van der Waals surface area contributed by atoms with Gasteiger partial charge in [-0.1, -0.05) is 0 Å². The van der Waals surface area contributed by atoms with Gasteiger partial charge in [-0.15, -0.1) is 0 Å². The maximum Gasteiger partial charge on any atom is 0.237 e. The molecule has 0 saturated carbocycles. The minimum Gasteiger partial charge on any atom is -0.353 e. The first-order valence-corrected chi connectivity index (χ1v) is 4.32. The van der Waals surface area contributed by atoms with Gasteiger partial charge in [0.15, 0.2) is 0 Å². The molecule has 2 heterocycles. The highest BCUT2D eigenvalue weighted by Crippen LogP contribution is 2.24. The fourth-order valence-electron chi connectivity index (χ4n) is 2.12. The lowest BCUT2D eigenvalue weighted by atomic mass is 10.2. The maximum absolute atomic E-state index is 11.3. The molecular weight excluding hydrogens is 140 g/mol. The van der Waals surface area contributed by atoms with Gasteiger partial charge in [-0.05, 0) is 19.8 Å². The maximum atomic E-state index is 11.3. The Kier molecular flexibility index (Phi) is 1.60. The van der Waals surface area contributed by atoms with Crippen LogP contribution in [0.15, 0.2) is 0 Å². The molecule has 0 aromatic carbocycles. The number of carbonyl (C=O) groups is 1. The lowest BCUT2D eigenvalue weighted by molar-refractivity contribution is -0.128. The number of piperazine rings is 1. The van der Waals surface area contributed by atoms with Crippen LogP contribution < -0.4 is 5.32 Å². The molecule has 0 radical (unpaired) electrons. The van der Waals surface area contributed by atoms with Gasteiger partial charge < -0.3 is 5.32 Å². The monoisotopic (exact) mass is 154 g/mol. The Hall–Kier alpha value is -0.570.